The standard InChI is InChI=1S/C20H34O3/c1-2-3-13-16-19(21)17-14-11-9-7-5-4-6-8-10-12-15-18-20(22)23/h8-11H,2-7,12-18H2,1H3,(H,22,23)/b10-8-,11-9-. The van der Waals surface area contributed by atoms with Gasteiger partial charge >= 0.3 is 5.97 Å². The van der Waals surface area contributed by atoms with Gasteiger partial charge in [0.2, 0.25) is 0 Å². The Morgan fingerprint density at radius 2 is 1.26 bits per heavy atom. The van der Waals surface area contributed by atoms with Crippen LogP contribution >= 0.6 is 0 Å². The van der Waals surface area contributed by atoms with Crippen molar-refractivity contribution >= 4 is 11.8 Å². The lowest BCUT2D eigenvalue weighted by Crippen LogP contribution is -1.96. The molecule has 0 amide bonds. The second-order valence-corrected chi connectivity index (χ2v) is 6.05. The van der Waals surface area contributed by atoms with Crippen LogP contribution in [0.25, 0.3) is 0 Å². The van der Waals surface area contributed by atoms with E-state index in [4.69, 9.17) is 5.11 Å². The van der Waals surface area contributed by atoms with Gasteiger partial charge in [-0.1, -0.05) is 44.1 Å². The molecular weight excluding hydrogens is 288 g/mol. The van der Waals surface area contributed by atoms with E-state index in [2.05, 4.69) is 31.2 Å². The summed E-state index contributed by atoms with van der Waals surface area (Å²) in [5, 5.41) is 8.50. The van der Waals surface area contributed by atoms with E-state index in [-0.39, 0.29) is 6.42 Å². The molecule has 0 aliphatic heterocycles. The smallest absolute Gasteiger partial charge is 0.303 e. The maximum atomic E-state index is 11.6. The second kappa shape index (κ2) is 17.0. The van der Waals surface area contributed by atoms with Gasteiger partial charge in [0.15, 0.2) is 0 Å². The highest BCUT2D eigenvalue weighted by Gasteiger charge is 1.99. The van der Waals surface area contributed by atoms with Gasteiger partial charge in [0.25, 0.3) is 0 Å². The van der Waals surface area contributed by atoms with E-state index in [1.807, 2.05) is 0 Å². The molecular formula is C20H34O3. The summed E-state index contributed by atoms with van der Waals surface area (Å²) in [5.41, 5.74) is 0. The van der Waals surface area contributed by atoms with E-state index in [9.17, 15) is 9.59 Å². The van der Waals surface area contributed by atoms with Crippen LogP contribution in [0.2, 0.25) is 0 Å². The molecule has 0 radical (unpaired) electrons. The topological polar surface area (TPSA) is 54.4 Å². The van der Waals surface area contributed by atoms with E-state index in [1.54, 1.807) is 0 Å². The first-order valence-electron chi connectivity index (χ1n) is 9.20. The van der Waals surface area contributed by atoms with Crippen molar-refractivity contribution < 1.29 is 14.7 Å². The quantitative estimate of drug-likeness (QED) is 0.287. The Morgan fingerprint density at radius 1 is 0.696 bits per heavy atom. The number of carboxylic acids is 1. The highest BCUT2D eigenvalue weighted by Crippen LogP contribution is 2.06. The summed E-state index contributed by atoms with van der Waals surface area (Å²) in [4.78, 5) is 21.9. The monoisotopic (exact) mass is 322 g/mol. The molecule has 0 spiro atoms. The number of allylic oxidation sites excluding steroid dienone is 4. The van der Waals surface area contributed by atoms with Crippen molar-refractivity contribution in [3.8, 4) is 0 Å². The maximum absolute atomic E-state index is 11.6. The van der Waals surface area contributed by atoms with E-state index < -0.39 is 5.97 Å². The molecule has 132 valence electrons. The minimum Gasteiger partial charge on any atom is -0.481 e. The zero-order valence-corrected chi connectivity index (χ0v) is 14.8. The molecule has 0 rings (SSSR count). The van der Waals surface area contributed by atoms with Gasteiger partial charge in [-0.05, 0) is 51.4 Å². The number of rotatable bonds is 16. The van der Waals surface area contributed by atoms with Gasteiger partial charge in [0.05, 0.1) is 0 Å². The van der Waals surface area contributed by atoms with Crippen molar-refractivity contribution in [3.05, 3.63) is 24.3 Å². The van der Waals surface area contributed by atoms with Gasteiger partial charge in [0, 0.05) is 19.3 Å². The maximum Gasteiger partial charge on any atom is 0.303 e. The summed E-state index contributed by atoms with van der Waals surface area (Å²) < 4.78 is 0. The fraction of sp³-hybridized carbons (Fsp3) is 0.700. The molecule has 0 unspecified atom stereocenters. The molecule has 3 heteroatoms. The summed E-state index contributed by atoms with van der Waals surface area (Å²) in [6.45, 7) is 2.16. The van der Waals surface area contributed by atoms with Crippen LogP contribution in [0.5, 0.6) is 0 Å². The molecule has 0 saturated carbocycles. The molecule has 23 heavy (non-hydrogen) atoms. The second-order valence-electron chi connectivity index (χ2n) is 6.05. The lowest BCUT2D eigenvalue weighted by molar-refractivity contribution is -0.137. The van der Waals surface area contributed by atoms with Crippen LogP contribution in [0, 0.1) is 0 Å². The fourth-order valence-corrected chi connectivity index (χ4v) is 2.31. The summed E-state index contributed by atoms with van der Waals surface area (Å²) in [5.74, 6) is -0.316. The van der Waals surface area contributed by atoms with Crippen LogP contribution in [-0.4, -0.2) is 16.9 Å². The Hall–Kier alpha value is -1.38. The average molecular weight is 322 g/mol. The van der Waals surface area contributed by atoms with Gasteiger partial charge in [-0.15, -0.1) is 0 Å². The third kappa shape index (κ3) is 18.6. The van der Waals surface area contributed by atoms with Crippen molar-refractivity contribution in [2.45, 2.75) is 90.4 Å². The van der Waals surface area contributed by atoms with E-state index >= 15 is 0 Å². The average Bonchev–Trinajstić information content (AvgIpc) is 2.51. The Morgan fingerprint density at radius 3 is 1.83 bits per heavy atom. The molecule has 0 heterocycles. The van der Waals surface area contributed by atoms with E-state index in [0.29, 0.717) is 12.2 Å². The Balaban J connectivity index is 3.32. The fourth-order valence-electron chi connectivity index (χ4n) is 2.31. The van der Waals surface area contributed by atoms with Crippen molar-refractivity contribution in [3.63, 3.8) is 0 Å². The molecule has 0 aromatic heterocycles. The van der Waals surface area contributed by atoms with Crippen LogP contribution in [-0.2, 0) is 9.59 Å². The van der Waals surface area contributed by atoms with Crippen LogP contribution in [0.15, 0.2) is 24.3 Å². The van der Waals surface area contributed by atoms with Gasteiger partial charge in [-0.2, -0.15) is 0 Å². The minimum atomic E-state index is -0.715. The number of ketones is 1. The lowest BCUT2D eigenvalue weighted by atomic mass is 10.1. The predicted octanol–water partition coefficient (Wildman–Crippen LogP) is 5.84. The molecule has 0 atom stereocenters. The van der Waals surface area contributed by atoms with Crippen molar-refractivity contribution in [1.29, 1.82) is 0 Å². The number of hydrogen-bond donors (Lipinski definition) is 1. The zero-order valence-electron chi connectivity index (χ0n) is 14.8. The predicted molar refractivity (Wildman–Crippen MR) is 96.6 cm³/mol. The van der Waals surface area contributed by atoms with Gasteiger partial charge in [0.1, 0.15) is 5.78 Å². The summed E-state index contributed by atoms with van der Waals surface area (Å²) in [6.07, 6.45) is 20.6. The van der Waals surface area contributed by atoms with Gasteiger partial charge < -0.3 is 5.11 Å². The Labute approximate surface area is 141 Å². The molecule has 0 aromatic rings. The van der Waals surface area contributed by atoms with Crippen molar-refractivity contribution in [2.24, 2.45) is 0 Å². The van der Waals surface area contributed by atoms with Gasteiger partial charge in [-0.3, -0.25) is 9.59 Å². The zero-order chi connectivity index (χ0) is 17.2. The highest BCUT2D eigenvalue weighted by molar-refractivity contribution is 5.78. The molecule has 0 fully saturated rings. The number of Topliss-reactive ketones (excluding diaryl/α,β-unsaturated/α-hetero) is 1. The summed E-state index contributed by atoms with van der Waals surface area (Å²) in [7, 11) is 0. The molecule has 3 nitrogen and oxygen atoms in total. The van der Waals surface area contributed by atoms with E-state index in [1.165, 1.54) is 12.8 Å². The minimum absolute atomic E-state index is 0.260. The summed E-state index contributed by atoms with van der Waals surface area (Å²) in [6, 6.07) is 0. The first-order valence-corrected chi connectivity index (χ1v) is 9.20. The normalized spacial score (nSPS) is 11.5. The largest absolute Gasteiger partial charge is 0.481 e. The Kier molecular flexibility index (Phi) is 16.0. The molecule has 0 saturated heterocycles. The molecule has 0 aromatic carbocycles. The first kappa shape index (κ1) is 21.6. The third-order valence-corrected chi connectivity index (χ3v) is 3.74. The number of carbonyl (C=O) groups is 2. The van der Waals surface area contributed by atoms with Crippen LogP contribution < -0.4 is 0 Å². The first-order chi connectivity index (χ1) is 11.2. The van der Waals surface area contributed by atoms with Crippen LogP contribution in [0.1, 0.15) is 90.4 Å². The number of hydrogen-bond acceptors (Lipinski definition) is 2. The van der Waals surface area contributed by atoms with Crippen molar-refractivity contribution in [2.75, 3.05) is 0 Å². The number of carbonyl (C=O) groups excluding carboxylic acids is 1. The lowest BCUT2D eigenvalue weighted by Gasteiger charge is -1.98. The van der Waals surface area contributed by atoms with Gasteiger partial charge in [-0.25, -0.2) is 0 Å². The Bertz CT molecular complexity index is 356. The summed E-state index contributed by atoms with van der Waals surface area (Å²) >= 11 is 0. The van der Waals surface area contributed by atoms with Crippen LogP contribution in [0.3, 0.4) is 0 Å². The highest BCUT2D eigenvalue weighted by atomic mass is 16.4. The SMILES string of the molecule is CCCCCC(=O)CC/C=C\CCCC/C=C\CCCC(=O)O. The number of aliphatic carboxylic acids is 1. The molecule has 0 bridgehead atoms. The molecule has 0 aliphatic rings. The number of unbranched alkanes of at least 4 members (excludes halogenated alkanes) is 6. The van der Waals surface area contributed by atoms with Crippen LogP contribution in [0.4, 0.5) is 0 Å². The molecule has 0 aliphatic carbocycles. The number of carboxylic acid groups (broad SMARTS) is 1. The third-order valence-electron chi connectivity index (χ3n) is 3.74. The molecule has 1 N–H and O–H groups in total. The van der Waals surface area contributed by atoms with E-state index in [0.717, 1.165) is 57.8 Å². The van der Waals surface area contributed by atoms with Crippen molar-refractivity contribution in [1.82, 2.24) is 0 Å².